The molecule has 21 heavy (non-hydrogen) atoms. The lowest BCUT2D eigenvalue weighted by molar-refractivity contribution is 0.454. The third-order valence-corrected chi connectivity index (χ3v) is 3.32. The Kier molecular flexibility index (Phi) is 5.39. The van der Waals surface area contributed by atoms with Crippen LogP contribution in [0.25, 0.3) is 0 Å². The molecule has 0 saturated heterocycles. The Bertz CT molecular complexity index is 616. The van der Waals surface area contributed by atoms with Gasteiger partial charge in [0.25, 0.3) is 0 Å². The summed E-state index contributed by atoms with van der Waals surface area (Å²) >= 11 is 6.14. The lowest BCUT2D eigenvalue weighted by atomic mass is 10.2. The fourth-order valence-corrected chi connectivity index (χ4v) is 2.12. The van der Waals surface area contributed by atoms with E-state index in [0.29, 0.717) is 16.7 Å². The second-order valence-electron chi connectivity index (χ2n) is 4.73. The van der Waals surface area contributed by atoms with Crippen molar-refractivity contribution in [1.82, 2.24) is 9.97 Å². The molecule has 0 amide bonds. The molecule has 2 aromatic rings. The van der Waals surface area contributed by atoms with E-state index in [1.807, 2.05) is 32.0 Å². The molecule has 0 radical (unpaired) electrons. The van der Waals surface area contributed by atoms with Gasteiger partial charge in [-0.25, -0.2) is 4.98 Å². The van der Waals surface area contributed by atoms with Crippen LogP contribution in [0.2, 0.25) is 5.02 Å². The number of rotatable bonds is 6. The minimum absolute atomic E-state index is 0.553. The number of aromatic nitrogens is 2. The van der Waals surface area contributed by atoms with Crippen LogP contribution >= 0.6 is 11.6 Å². The minimum Gasteiger partial charge on any atom is -0.437 e. The highest BCUT2D eigenvalue weighted by molar-refractivity contribution is 6.32. The number of para-hydroxylation sites is 1. The van der Waals surface area contributed by atoms with E-state index in [2.05, 4.69) is 22.2 Å². The Balaban J connectivity index is 2.39. The molecule has 1 aromatic heterocycles. The fraction of sp³-hybridized carbons (Fsp3) is 0.375. The summed E-state index contributed by atoms with van der Waals surface area (Å²) in [6.07, 6.45) is 1.80. The van der Waals surface area contributed by atoms with Crippen molar-refractivity contribution in [1.29, 1.82) is 0 Å². The van der Waals surface area contributed by atoms with E-state index in [1.165, 1.54) is 0 Å². The molecule has 112 valence electrons. The van der Waals surface area contributed by atoms with Crippen molar-refractivity contribution in [2.24, 2.45) is 0 Å². The van der Waals surface area contributed by atoms with Gasteiger partial charge in [-0.3, -0.25) is 0 Å². The van der Waals surface area contributed by atoms with Gasteiger partial charge >= 0.3 is 0 Å². The molecule has 2 rings (SSSR count). The van der Waals surface area contributed by atoms with E-state index in [9.17, 15) is 0 Å². The average molecular weight is 306 g/mol. The Hall–Kier alpha value is -1.81. The molecule has 0 saturated carbocycles. The average Bonchev–Trinajstić information content (AvgIpc) is 2.46. The number of hydrogen-bond acceptors (Lipinski definition) is 4. The van der Waals surface area contributed by atoms with Crippen molar-refractivity contribution in [3.05, 3.63) is 40.7 Å². The van der Waals surface area contributed by atoms with Crippen molar-refractivity contribution in [3.63, 3.8) is 0 Å². The number of aryl methyl sites for hydroxylation is 1. The lowest BCUT2D eigenvalue weighted by Crippen LogP contribution is -2.08. The number of halogens is 1. The van der Waals surface area contributed by atoms with Crippen LogP contribution in [0.4, 0.5) is 5.82 Å². The Morgan fingerprint density at radius 3 is 2.62 bits per heavy atom. The summed E-state index contributed by atoms with van der Waals surface area (Å²) in [5, 5.41) is 3.82. The van der Waals surface area contributed by atoms with Gasteiger partial charge in [0.15, 0.2) is 0 Å². The predicted octanol–water partition coefficient (Wildman–Crippen LogP) is 4.62. The quantitative estimate of drug-likeness (QED) is 0.846. The Morgan fingerprint density at radius 2 is 1.95 bits per heavy atom. The first-order valence-corrected chi connectivity index (χ1v) is 7.57. The predicted molar refractivity (Wildman–Crippen MR) is 86.5 cm³/mol. The fourth-order valence-electron chi connectivity index (χ4n) is 1.95. The van der Waals surface area contributed by atoms with Crippen LogP contribution in [0.1, 0.15) is 31.7 Å². The van der Waals surface area contributed by atoms with Crippen LogP contribution < -0.4 is 10.1 Å². The summed E-state index contributed by atoms with van der Waals surface area (Å²) in [5.74, 6) is 2.75. The molecule has 0 aliphatic heterocycles. The van der Waals surface area contributed by atoms with Crippen molar-refractivity contribution < 1.29 is 4.74 Å². The maximum atomic E-state index is 6.14. The Morgan fingerprint density at radius 1 is 1.19 bits per heavy atom. The molecule has 0 aliphatic carbocycles. The molecule has 5 heteroatoms. The summed E-state index contributed by atoms with van der Waals surface area (Å²) in [5.41, 5.74) is 0.886. The summed E-state index contributed by atoms with van der Waals surface area (Å²) in [7, 11) is 0. The van der Waals surface area contributed by atoms with Gasteiger partial charge in [0.05, 0.1) is 10.6 Å². The summed E-state index contributed by atoms with van der Waals surface area (Å²) in [6.45, 7) is 6.88. The standard InChI is InChI=1S/C16H20ClN3O/c1-4-8-14-19-15(18-5-2)11(3)16(20-14)21-13-10-7-6-9-12(13)17/h6-7,9-10H,4-5,8H2,1-3H3,(H,18,19,20). The molecule has 0 fully saturated rings. The number of ether oxygens (including phenoxy) is 1. The number of benzene rings is 1. The van der Waals surface area contributed by atoms with Crippen molar-refractivity contribution in [2.45, 2.75) is 33.6 Å². The zero-order chi connectivity index (χ0) is 15.2. The third kappa shape index (κ3) is 3.85. The molecular formula is C16H20ClN3O. The zero-order valence-corrected chi connectivity index (χ0v) is 13.4. The normalized spacial score (nSPS) is 10.5. The van der Waals surface area contributed by atoms with Crippen LogP contribution in [0.5, 0.6) is 11.6 Å². The third-order valence-electron chi connectivity index (χ3n) is 3.01. The van der Waals surface area contributed by atoms with Crippen molar-refractivity contribution >= 4 is 17.4 Å². The first-order valence-electron chi connectivity index (χ1n) is 7.19. The van der Waals surface area contributed by atoms with Crippen LogP contribution in [-0.2, 0) is 6.42 Å². The first-order chi connectivity index (χ1) is 10.2. The van der Waals surface area contributed by atoms with Crippen LogP contribution in [0, 0.1) is 6.92 Å². The van der Waals surface area contributed by atoms with Gasteiger partial charge in [-0.2, -0.15) is 4.98 Å². The van der Waals surface area contributed by atoms with Crippen LogP contribution in [-0.4, -0.2) is 16.5 Å². The second kappa shape index (κ2) is 7.27. The number of nitrogens with zero attached hydrogens (tertiary/aromatic N) is 2. The van der Waals surface area contributed by atoms with Crippen LogP contribution in [0.15, 0.2) is 24.3 Å². The van der Waals surface area contributed by atoms with Gasteiger partial charge in [0.2, 0.25) is 5.88 Å². The van der Waals surface area contributed by atoms with Gasteiger partial charge in [-0.05, 0) is 32.4 Å². The maximum absolute atomic E-state index is 6.14. The molecule has 0 spiro atoms. The monoisotopic (exact) mass is 305 g/mol. The topological polar surface area (TPSA) is 47.0 Å². The highest BCUT2D eigenvalue weighted by Crippen LogP contribution is 2.31. The minimum atomic E-state index is 0.553. The SMILES string of the molecule is CCCc1nc(NCC)c(C)c(Oc2ccccc2Cl)n1. The summed E-state index contributed by atoms with van der Waals surface area (Å²) < 4.78 is 5.89. The smallest absolute Gasteiger partial charge is 0.227 e. The number of hydrogen-bond donors (Lipinski definition) is 1. The van der Waals surface area contributed by atoms with Gasteiger partial charge in [-0.15, -0.1) is 0 Å². The van der Waals surface area contributed by atoms with Gasteiger partial charge in [-0.1, -0.05) is 30.7 Å². The zero-order valence-electron chi connectivity index (χ0n) is 12.6. The highest BCUT2D eigenvalue weighted by atomic mass is 35.5. The molecular weight excluding hydrogens is 286 g/mol. The van der Waals surface area contributed by atoms with Gasteiger partial charge in [0.1, 0.15) is 17.4 Å². The van der Waals surface area contributed by atoms with Gasteiger partial charge < -0.3 is 10.1 Å². The molecule has 0 aliphatic rings. The molecule has 0 atom stereocenters. The first kappa shape index (κ1) is 15.6. The molecule has 1 aromatic carbocycles. The van der Waals surface area contributed by atoms with Gasteiger partial charge in [0, 0.05) is 13.0 Å². The van der Waals surface area contributed by atoms with E-state index in [1.54, 1.807) is 6.07 Å². The lowest BCUT2D eigenvalue weighted by Gasteiger charge is -2.14. The summed E-state index contributed by atoms with van der Waals surface area (Å²) in [4.78, 5) is 9.05. The molecule has 0 unspecified atom stereocenters. The van der Waals surface area contributed by atoms with E-state index < -0.39 is 0 Å². The number of nitrogens with one attached hydrogen (secondary N) is 1. The number of anilines is 1. The molecule has 1 N–H and O–H groups in total. The molecule has 4 nitrogen and oxygen atoms in total. The van der Waals surface area contributed by atoms with Crippen LogP contribution in [0.3, 0.4) is 0 Å². The largest absolute Gasteiger partial charge is 0.437 e. The Labute approximate surface area is 130 Å². The van der Waals surface area contributed by atoms with E-state index in [0.717, 1.165) is 36.6 Å². The van der Waals surface area contributed by atoms with E-state index in [-0.39, 0.29) is 0 Å². The molecule has 1 heterocycles. The molecule has 0 bridgehead atoms. The van der Waals surface area contributed by atoms with E-state index >= 15 is 0 Å². The second-order valence-corrected chi connectivity index (χ2v) is 5.14. The maximum Gasteiger partial charge on any atom is 0.227 e. The highest BCUT2D eigenvalue weighted by Gasteiger charge is 2.13. The summed E-state index contributed by atoms with van der Waals surface area (Å²) in [6, 6.07) is 7.38. The van der Waals surface area contributed by atoms with Crippen molar-refractivity contribution in [3.8, 4) is 11.6 Å². The van der Waals surface area contributed by atoms with Crippen molar-refractivity contribution in [2.75, 3.05) is 11.9 Å². The van der Waals surface area contributed by atoms with E-state index in [4.69, 9.17) is 16.3 Å².